The van der Waals surface area contributed by atoms with E-state index in [1.807, 2.05) is 0 Å². The molecule has 0 unspecified atom stereocenters. The Morgan fingerprint density at radius 2 is 2.17 bits per heavy atom. The van der Waals surface area contributed by atoms with E-state index in [9.17, 15) is 13.2 Å². The largest absolute Gasteiger partial charge is 0.355 e. The molecule has 100 valence electrons. The Kier molecular flexibility index (Phi) is 5.51. The third kappa shape index (κ3) is 4.52. The fourth-order valence-corrected chi connectivity index (χ4v) is 3.07. The highest BCUT2D eigenvalue weighted by atomic mass is 79.9. The summed E-state index contributed by atoms with van der Waals surface area (Å²) >= 11 is 8.84. The molecule has 0 aliphatic carbocycles. The van der Waals surface area contributed by atoms with Gasteiger partial charge in [-0.3, -0.25) is 4.79 Å². The predicted molar refractivity (Wildman–Crippen MR) is 70.8 cm³/mol. The lowest BCUT2D eigenvalue weighted by Gasteiger charge is -2.08. The summed E-state index contributed by atoms with van der Waals surface area (Å²) in [5.41, 5.74) is 0. The highest BCUT2D eigenvalue weighted by Crippen LogP contribution is 2.22. The first-order chi connectivity index (χ1) is 8.33. The second kappa shape index (κ2) is 6.46. The Bertz CT molecular complexity index is 550. The molecule has 1 amide bonds. The lowest BCUT2D eigenvalue weighted by atomic mass is 10.5. The van der Waals surface area contributed by atoms with Crippen molar-refractivity contribution >= 4 is 43.5 Å². The average Bonchev–Trinajstić information content (AvgIpc) is 2.27. The number of sulfonamides is 1. The van der Waals surface area contributed by atoms with Gasteiger partial charge in [-0.15, -0.1) is 0 Å². The van der Waals surface area contributed by atoms with Crippen molar-refractivity contribution in [2.45, 2.75) is 11.8 Å². The molecule has 0 aliphatic rings. The number of hydrogen-bond acceptors (Lipinski definition) is 4. The van der Waals surface area contributed by atoms with Crippen molar-refractivity contribution in [2.75, 3.05) is 13.1 Å². The molecule has 18 heavy (non-hydrogen) atoms. The van der Waals surface area contributed by atoms with E-state index in [4.69, 9.17) is 11.6 Å². The van der Waals surface area contributed by atoms with Crippen LogP contribution in [0.15, 0.2) is 21.6 Å². The molecule has 0 aliphatic heterocycles. The van der Waals surface area contributed by atoms with Crippen LogP contribution in [-0.2, 0) is 14.8 Å². The molecule has 6 nitrogen and oxygen atoms in total. The Balaban J connectivity index is 2.74. The van der Waals surface area contributed by atoms with Crippen LogP contribution in [0.5, 0.6) is 0 Å². The molecule has 0 saturated heterocycles. The summed E-state index contributed by atoms with van der Waals surface area (Å²) in [5, 5.41) is 2.37. The van der Waals surface area contributed by atoms with Crippen LogP contribution >= 0.6 is 27.5 Å². The van der Waals surface area contributed by atoms with Crippen LogP contribution in [0.25, 0.3) is 0 Å². The van der Waals surface area contributed by atoms with Crippen LogP contribution in [0.3, 0.4) is 0 Å². The van der Waals surface area contributed by atoms with Crippen molar-refractivity contribution in [3.8, 4) is 0 Å². The monoisotopic (exact) mass is 355 g/mol. The molecule has 1 aromatic heterocycles. The standard InChI is InChI=1S/C9H11BrClN3O3S/c1-6(15)12-2-3-14-18(16,17)8-4-7(10)5-13-9(8)11/h4-5,14H,2-3H2,1H3,(H,12,15). The van der Waals surface area contributed by atoms with Crippen LogP contribution in [0.2, 0.25) is 5.15 Å². The van der Waals surface area contributed by atoms with Crippen LogP contribution in [-0.4, -0.2) is 32.4 Å². The van der Waals surface area contributed by atoms with Gasteiger partial charge < -0.3 is 5.32 Å². The van der Waals surface area contributed by atoms with Crippen molar-refractivity contribution in [3.63, 3.8) is 0 Å². The molecule has 0 atom stereocenters. The molecule has 2 N–H and O–H groups in total. The molecule has 9 heteroatoms. The molecule has 0 fully saturated rings. The fourth-order valence-electron chi connectivity index (χ4n) is 1.09. The van der Waals surface area contributed by atoms with Gasteiger partial charge in [0, 0.05) is 30.7 Å². The van der Waals surface area contributed by atoms with Gasteiger partial charge in [-0.05, 0) is 22.0 Å². The van der Waals surface area contributed by atoms with Gasteiger partial charge >= 0.3 is 0 Å². The zero-order chi connectivity index (χ0) is 13.8. The number of aromatic nitrogens is 1. The van der Waals surface area contributed by atoms with Gasteiger partial charge in [0.2, 0.25) is 15.9 Å². The number of hydrogen-bond donors (Lipinski definition) is 2. The number of carbonyl (C=O) groups excluding carboxylic acids is 1. The Hall–Kier alpha value is -0.700. The van der Waals surface area contributed by atoms with E-state index in [0.717, 1.165) is 0 Å². The maximum atomic E-state index is 11.9. The minimum atomic E-state index is -3.74. The number of halogens is 2. The van der Waals surface area contributed by atoms with E-state index in [0.29, 0.717) is 4.47 Å². The molecular weight excluding hydrogens is 346 g/mol. The van der Waals surface area contributed by atoms with Crippen molar-refractivity contribution in [1.29, 1.82) is 0 Å². The SMILES string of the molecule is CC(=O)NCCNS(=O)(=O)c1cc(Br)cnc1Cl. The van der Waals surface area contributed by atoms with Gasteiger partial charge in [0.05, 0.1) is 0 Å². The summed E-state index contributed by atoms with van der Waals surface area (Å²) in [5.74, 6) is -0.226. The number of amides is 1. The van der Waals surface area contributed by atoms with Crippen molar-refractivity contribution < 1.29 is 13.2 Å². The molecule has 1 aromatic rings. The van der Waals surface area contributed by atoms with Crippen LogP contribution in [0, 0.1) is 0 Å². The van der Waals surface area contributed by atoms with E-state index in [-0.39, 0.29) is 29.0 Å². The smallest absolute Gasteiger partial charge is 0.243 e. The van der Waals surface area contributed by atoms with E-state index in [2.05, 4.69) is 31.0 Å². The second-order valence-corrected chi connectivity index (χ2v) is 6.33. The van der Waals surface area contributed by atoms with Gasteiger partial charge in [0.15, 0.2) is 0 Å². The maximum Gasteiger partial charge on any atom is 0.243 e. The minimum absolute atomic E-state index is 0.0742. The summed E-state index contributed by atoms with van der Waals surface area (Å²) < 4.78 is 26.6. The Morgan fingerprint density at radius 3 is 2.78 bits per heavy atom. The number of nitrogens with one attached hydrogen (secondary N) is 2. The molecule has 0 aromatic carbocycles. The number of rotatable bonds is 5. The lowest BCUT2D eigenvalue weighted by molar-refractivity contribution is -0.118. The quantitative estimate of drug-likeness (QED) is 0.606. The topological polar surface area (TPSA) is 88.2 Å². The zero-order valence-electron chi connectivity index (χ0n) is 9.41. The number of pyridine rings is 1. The lowest BCUT2D eigenvalue weighted by Crippen LogP contribution is -2.33. The summed E-state index contributed by atoms with van der Waals surface area (Å²) in [6.45, 7) is 1.63. The third-order valence-electron chi connectivity index (χ3n) is 1.85. The number of carbonyl (C=O) groups is 1. The molecule has 1 rings (SSSR count). The van der Waals surface area contributed by atoms with Gasteiger partial charge in [-0.1, -0.05) is 11.6 Å². The highest BCUT2D eigenvalue weighted by molar-refractivity contribution is 9.10. The predicted octanol–water partition coefficient (Wildman–Crippen LogP) is 0.912. The van der Waals surface area contributed by atoms with Crippen LogP contribution in [0.1, 0.15) is 6.92 Å². The second-order valence-electron chi connectivity index (χ2n) is 3.32. The van der Waals surface area contributed by atoms with E-state index < -0.39 is 10.0 Å². The normalized spacial score (nSPS) is 11.3. The molecule has 0 bridgehead atoms. The Labute approximate surface area is 118 Å². The van der Waals surface area contributed by atoms with Gasteiger partial charge in [0.25, 0.3) is 0 Å². The molecule has 0 saturated carbocycles. The van der Waals surface area contributed by atoms with Crippen molar-refractivity contribution in [3.05, 3.63) is 21.9 Å². The summed E-state index contributed by atoms with van der Waals surface area (Å²) in [6, 6.07) is 1.36. The first-order valence-corrected chi connectivity index (χ1v) is 7.53. The molecule has 0 spiro atoms. The van der Waals surface area contributed by atoms with Crippen molar-refractivity contribution in [1.82, 2.24) is 15.0 Å². The first kappa shape index (κ1) is 15.4. The van der Waals surface area contributed by atoms with E-state index >= 15 is 0 Å². The summed E-state index contributed by atoms with van der Waals surface area (Å²) in [4.78, 5) is 14.2. The zero-order valence-corrected chi connectivity index (χ0v) is 12.6. The van der Waals surface area contributed by atoms with Crippen molar-refractivity contribution in [2.24, 2.45) is 0 Å². The molecule has 0 radical (unpaired) electrons. The molecular formula is C9H11BrClN3O3S. The minimum Gasteiger partial charge on any atom is -0.355 e. The summed E-state index contributed by atoms with van der Waals surface area (Å²) in [7, 11) is -3.74. The van der Waals surface area contributed by atoms with Gasteiger partial charge in [-0.25, -0.2) is 18.1 Å². The first-order valence-electron chi connectivity index (χ1n) is 4.88. The highest BCUT2D eigenvalue weighted by Gasteiger charge is 2.18. The third-order valence-corrected chi connectivity index (χ3v) is 4.18. The fraction of sp³-hybridized carbons (Fsp3) is 0.333. The van der Waals surface area contributed by atoms with Crippen LogP contribution < -0.4 is 10.0 Å². The average molecular weight is 357 g/mol. The van der Waals surface area contributed by atoms with Gasteiger partial charge in [-0.2, -0.15) is 0 Å². The number of nitrogens with zero attached hydrogens (tertiary/aromatic N) is 1. The maximum absolute atomic E-state index is 11.9. The van der Waals surface area contributed by atoms with E-state index in [1.165, 1.54) is 19.2 Å². The van der Waals surface area contributed by atoms with Crippen LogP contribution in [0.4, 0.5) is 0 Å². The summed E-state index contributed by atoms with van der Waals surface area (Å²) in [6.07, 6.45) is 1.40. The molecule has 1 heterocycles. The van der Waals surface area contributed by atoms with Gasteiger partial charge in [0.1, 0.15) is 10.0 Å². The van der Waals surface area contributed by atoms with E-state index in [1.54, 1.807) is 0 Å². The Morgan fingerprint density at radius 1 is 1.50 bits per heavy atom.